The van der Waals surface area contributed by atoms with Gasteiger partial charge in [0.2, 0.25) is 5.91 Å². The van der Waals surface area contributed by atoms with Gasteiger partial charge in [0.15, 0.2) is 0 Å². The van der Waals surface area contributed by atoms with Gasteiger partial charge in [0.1, 0.15) is 5.82 Å². The number of benzene rings is 3. The van der Waals surface area contributed by atoms with Crippen LogP contribution in [0, 0.1) is 6.92 Å². The molecule has 4 aromatic rings. The Morgan fingerprint density at radius 3 is 2.33 bits per heavy atom. The molecule has 0 aliphatic heterocycles. The van der Waals surface area contributed by atoms with Gasteiger partial charge in [-0.3, -0.25) is 14.2 Å². The number of hydrogen-bond acceptors (Lipinski definition) is 3. The molecule has 0 unspecified atom stereocenters. The maximum atomic E-state index is 13.0. The molecule has 0 fully saturated rings. The first-order valence-electron chi connectivity index (χ1n) is 10.0. The van der Waals surface area contributed by atoms with E-state index in [1.807, 2.05) is 86.6 Å². The summed E-state index contributed by atoms with van der Waals surface area (Å²) in [6, 6.07) is 24.4. The van der Waals surface area contributed by atoms with Gasteiger partial charge in [0, 0.05) is 5.69 Å². The van der Waals surface area contributed by atoms with Crippen LogP contribution >= 0.6 is 0 Å². The lowest BCUT2D eigenvalue weighted by atomic mass is 9.95. The summed E-state index contributed by atoms with van der Waals surface area (Å²) in [6.07, 6.45) is 0.714. The van der Waals surface area contributed by atoms with E-state index >= 15 is 0 Å². The number of rotatable bonds is 5. The maximum Gasteiger partial charge on any atom is 0.265 e. The fourth-order valence-electron chi connectivity index (χ4n) is 3.73. The molecule has 0 radical (unpaired) electrons. The Bertz CT molecular complexity index is 1250. The first-order valence-corrected chi connectivity index (χ1v) is 10.0. The third-order valence-corrected chi connectivity index (χ3v) is 5.26. The second-order valence-corrected chi connectivity index (χ2v) is 7.22. The number of aryl methyl sites for hydroxylation is 1. The van der Waals surface area contributed by atoms with Crippen LogP contribution in [-0.2, 0) is 4.79 Å². The molecular formula is C25H23N3O2. The highest BCUT2D eigenvalue weighted by atomic mass is 16.2. The standard InChI is InChI=1S/C25H23N3O2/c1-3-21(18-9-5-4-6-10-18)24(29)27-19-13-15-20(16-14-19)28-17(2)26-23-12-8-7-11-22(23)25(28)30/h4-16,21H,3H2,1-2H3,(H,27,29)/t21-/m1/s1. The van der Waals surface area contributed by atoms with Crippen molar-refractivity contribution in [3.63, 3.8) is 0 Å². The summed E-state index contributed by atoms with van der Waals surface area (Å²) in [6.45, 7) is 3.82. The minimum atomic E-state index is -0.208. The fourth-order valence-corrected chi connectivity index (χ4v) is 3.73. The Balaban J connectivity index is 1.60. The molecular weight excluding hydrogens is 374 g/mol. The van der Waals surface area contributed by atoms with E-state index in [0.29, 0.717) is 34.5 Å². The predicted octanol–water partition coefficient (Wildman–Crippen LogP) is 4.83. The Labute approximate surface area is 175 Å². The Kier molecular flexibility index (Phi) is 5.44. The molecule has 1 aromatic heterocycles. The average Bonchev–Trinajstić information content (AvgIpc) is 2.76. The van der Waals surface area contributed by atoms with Crippen molar-refractivity contribution in [1.29, 1.82) is 0 Å². The summed E-state index contributed by atoms with van der Waals surface area (Å²) in [5, 5.41) is 3.56. The summed E-state index contributed by atoms with van der Waals surface area (Å²) in [5.74, 6) is 0.364. The summed E-state index contributed by atoms with van der Waals surface area (Å²) < 4.78 is 1.59. The molecule has 0 bridgehead atoms. The van der Waals surface area contributed by atoms with Crippen molar-refractivity contribution in [1.82, 2.24) is 9.55 Å². The van der Waals surface area contributed by atoms with Crippen LogP contribution in [0.1, 0.15) is 30.7 Å². The van der Waals surface area contributed by atoms with Gasteiger partial charge >= 0.3 is 0 Å². The van der Waals surface area contributed by atoms with Crippen LogP contribution in [0.25, 0.3) is 16.6 Å². The summed E-state index contributed by atoms with van der Waals surface area (Å²) in [5.41, 5.74) is 2.98. The van der Waals surface area contributed by atoms with E-state index in [-0.39, 0.29) is 17.4 Å². The molecule has 1 atom stereocenters. The molecule has 5 heteroatoms. The number of fused-ring (bicyclic) bond motifs is 1. The average molecular weight is 397 g/mol. The molecule has 0 aliphatic rings. The molecule has 1 N–H and O–H groups in total. The number of carbonyl (C=O) groups excluding carboxylic acids is 1. The molecule has 150 valence electrons. The smallest absolute Gasteiger partial charge is 0.265 e. The third-order valence-electron chi connectivity index (χ3n) is 5.26. The number of carbonyl (C=O) groups is 1. The van der Waals surface area contributed by atoms with Crippen LogP contribution < -0.4 is 10.9 Å². The van der Waals surface area contributed by atoms with Gasteiger partial charge in [0.25, 0.3) is 5.56 Å². The lowest BCUT2D eigenvalue weighted by Gasteiger charge is -2.16. The molecule has 4 rings (SSSR count). The van der Waals surface area contributed by atoms with Gasteiger partial charge < -0.3 is 5.32 Å². The molecule has 3 aromatic carbocycles. The summed E-state index contributed by atoms with van der Waals surface area (Å²) in [7, 11) is 0. The molecule has 5 nitrogen and oxygen atoms in total. The topological polar surface area (TPSA) is 64.0 Å². The zero-order valence-corrected chi connectivity index (χ0v) is 17.0. The van der Waals surface area contributed by atoms with E-state index in [4.69, 9.17) is 0 Å². The molecule has 1 heterocycles. The second-order valence-electron chi connectivity index (χ2n) is 7.22. The van der Waals surface area contributed by atoms with Crippen molar-refractivity contribution in [3.05, 3.63) is 101 Å². The van der Waals surface area contributed by atoms with Crippen molar-refractivity contribution < 1.29 is 4.79 Å². The van der Waals surface area contributed by atoms with Gasteiger partial charge in [0.05, 0.1) is 22.5 Å². The number of amides is 1. The summed E-state index contributed by atoms with van der Waals surface area (Å²) in [4.78, 5) is 30.3. The molecule has 1 amide bonds. The normalized spacial score (nSPS) is 11.9. The highest BCUT2D eigenvalue weighted by molar-refractivity contribution is 5.95. The van der Waals surface area contributed by atoms with Crippen LogP contribution in [0.5, 0.6) is 0 Å². The van der Waals surface area contributed by atoms with E-state index in [1.165, 1.54) is 0 Å². The predicted molar refractivity (Wildman–Crippen MR) is 120 cm³/mol. The monoisotopic (exact) mass is 397 g/mol. The zero-order chi connectivity index (χ0) is 21.1. The maximum absolute atomic E-state index is 13.0. The first kappa shape index (κ1) is 19.6. The number of nitrogens with one attached hydrogen (secondary N) is 1. The van der Waals surface area contributed by atoms with Crippen LogP contribution in [-0.4, -0.2) is 15.5 Å². The van der Waals surface area contributed by atoms with Crippen molar-refractivity contribution in [2.75, 3.05) is 5.32 Å². The van der Waals surface area contributed by atoms with Crippen LogP contribution in [0.4, 0.5) is 5.69 Å². The highest BCUT2D eigenvalue weighted by Gasteiger charge is 2.18. The number of hydrogen-bond donors (Lipinski definition) is 1. The van der Waals surface area contributed by atoms with E-state index in [2.05, 4.69) is 10.3 Å². The molecule has 0 saturated carbocycles. The first-order chi connectivity index (χ1) is 14.6. The number of anilines is 1. The van der Waals surface area contributed by atoms with Crippen molar-refractivity contribution >= 4 is 22.5 Å². The molecule has 30 heavy (non-hydrogen) atoms. The van der Waals surface area contributed by atoms with Crippen molar-refractivity contribution in [3.8, 4) is 5.69 Å². The molecule has 0 spiro atoms. The Morgan fingerprint density at radius 2 is 1.63 bits per heavy atom. The minimum Gasteiger partial charge on any atom is -0.326 e. The van der Waals surface area contributed by atoms with E-state index in [0.717, 1.165) is 5.56 Å². The van der Waals surface area contributed by atoms with Crippen molar-refractivity contribution in [2.45, 2.75) is 26.2 Å². The Morgan fingerprint density at radius 1 is 0.967 bits per heavy atom. The second kappa shape index (κ2) is 8.33. The fraction of sp³-hybridized carbons (Fsp3) is 0.160. The highest BCUT2D eigenvalue weighted by Crippen LogP contribution is 2.22. The van der Waals surface area contributed by atoms with Gasteiger partial charge in [-0.25, -0.2) is 4.98 Å². The van der Waals surface area contributed by atoms with E-state index < -0.39 is 0 Å². The number of para-hydroxylation sites is 1. The van der Waals surface area contributed by atoms with E-state index in [9.17, 15) is 9.59 Å². The van der Waals surface area contributed by atoms with Crippen LogP contribution in [0.15, 0.2) is 83.7 Å². The number of aromatic nitrogens is 2. The van der Waals surface area contributed by atoms with Gasteiger partial charge in [-0.1, -0.05) is 49.4 Å². The van der Waals surface area contributed by atoms with Gasteiger partial charge in [-0.15, -0.1) is 0 Å². The van der Waals surface area contributed by atoms with Gasteiger partial charge in [-0.05, 0) is 55.3 Å². The van der Waals surface area contributed by atoms with Gasteiger partial charge in [-0.2, -0.15) is 0 Å². The van der Waals surface area contributed by atoms with Crippen LogP contribution in [0.2, 0.25) is 0 Å². The third kappa shape index (κ3) is 3.74. The SMILES string of the molecule is CC[C@@H](C(=O)Nc1ccc(-n2c(C)nc3ccccc3c2=O)cc1)c1ccccc1. The molecule has 0 saturated heterocycles. The Hall–Kier alpha value is -3.73. The van der Waals surface area contributed by atoms with Crippen LogP contribution in [0.3, 0.4) is 0 Å². The minimum absolute atomic E-state index is 0.0443. The van der Waals surface area contributed by atoms with E-state index in [1.54, 1.807) is 10.6 Å². The zero-order valence-electron chi connectivity index (χ0n) is 17.0. The van der Waals surface area contributed by atoms with Crippen molar-refractivity contribution in [2.24, 2.45) is 0 Å². The quantitative estimate of drug-likeness (QED) is 0.525. The largest absolute Gasteiger partial charge is 0.326 e. The molecule has 0 aliphatic carbocycles. The lowest BCUT2D eigenvalue weighted by Crippen LogP contribution is -2.22. The summed E-state index contributed by atoms with van der Waals surface area (Å²) >= 11 is 0. The lowest BCUT2D eigenvalue weighted by molar-refractivity contribution is -0.117. The number of nitrogens with zero attached hydrogens (tertiary/aromatic N) is 2.